The van der Waals surface area contributed by atoms with Gasteiger partial charge in [0.1, 0.15) is 18.0 Å². The number of aromatic nitrogens is 1. The lowest BCUT2D eigenvalue weighted by Gasteiger charge is -2.44. The van der Waals surface area contributed by atoms with E-state index < -0.39 is 9.84 Å². The molecule has 2 aliphatic rings. The maximum Gasteiger partial charge on any atom is 0.410 e. The van der Waals surface area contributed by atoms with Gasteiger partial charge in [-0.3, -0.25) is 4.98 Å². The highest BCUT2D eigenvalue weighted by molar-refractivity contribution is 7.89. The quantitative estimate of drug-likeness (QED) is 0.237. The van der Waals surface area contributed by atoms with Crippen LogP contribution in [-0.4, -0.2) is 43.1 Å². The molecule has 222 valence electrons. The van der Waals surface area contributed by atoms with Gasteiger partial charge in [0.05, 0.1) is 17.2 Å². The fourth-order valence-electron chi connectivity index (χ4n) is 5.88. The number of nitrogens with zero attached hydrogens (tertiary/aromatic N) is 2. The summed E-state index contributed by atoms with van der Waals surface area (Å²) in [5.74, 6) is 0.812. The maximum atomic E-state index is 12.7. The van der Waals surface area contributed by atoms with Gasteiger partial charge in [-0.2, -0.15) is 0 Å². The number of amides is 1. The van der Waals surface area contributed by atoms with Crippen molar-refractivity contribution in [3.63, 3.8) is 0 Å². The van der Waals surface area contributed by atoms with Gasteiger partial charge < -0.3 is 14.4 Å². The van der Waals surface area contributed by atoms with Crippen LogP contribution < -0.4 is 4.74 Å². The van der Waals surface area contributed by atoms with E-state index in [1.165, 1.54) is 11.1 Å². The number of sulfone groups is 1. The minimum atomic E-state index is -3.32. The Kier molecular flexibility index (Phi) is 8.21. The predicted molar refractivity (Wildman–Crippen MR) is 166 cm³/mol. The van der Waals surface area contributed by atoms with Crippen LogP contribution in [0.1, 0.15) is 47.2 Å². The highest BCUT2D eigenvalue weighted by Gasteiger charge is 2.40. The molecule has 0 unspecified atom stereocenters. The number of pyridine rings is 1. The molecule has 0 bridgehead atoms. The molecule has 0 aliphatic carbocycles. The van der Waals surface area contributed by atoms with Gasteiger partial charge in [0, 0.05) is 32.1 Å². The second kappa shape index (κ2) is 12.2. The first-order chi connectivity index (χ1) is 20.8. The van der Waals surface area contributed by atoms with Crippen molar-refractivity contribution in [2.75, 3.05) is 13.1 Å². The molecule has 4 aromatic rings. The summed E-state index contributed by atoms with van der Waals surface area (Å²) >= 11 is 0. The van der Waals surface area contributed by atoms with Crippen molar-refractivity contribution in [3.8, 4) is 16.9 Å². The van der Waals surface area contributed by atoms with E-state index in [-0.39, 0.29) is 29.8 Å². The molecule has 0 radical (unpaired) electrons. The number of hydrogen-bond donors (Lipinski definition) is 0. The first kappa shape index (κ1) is 28.9. The molecule has 1 fully saturated rings. The van der Waals surface area contributed by atoms with Gasteiger partial charge in [0.15, 0.2) is 9.84 Å². The average Bonchev–Trinajstić information content (AvgIpc) is 3.01. The highest BCUT2D eigenvalue weighted by Crippen LogP contribution is 2.41. The number of carbonyl (C=O) groups is 1. The Morgan fingerprint density at radius 3 is 2.33 bits per heavy atom. The largest absolute Gasteiger partial charge is 0.487 e. The fraction of sp³-hybridized carbons (Fsp3) is 0.314. The first-order valence-electron chi connectivity index (χ1n) is 14.7. The van der Waals surface area contributed by atoms with Crippen molar-refractivity contribution in [1.82, 2.24) is 9.88 Å². The van der Waals surface area contributed by atoms with Crippen LogP contribution in [0.3, 0.4) is 0 Å². The zero-order chi connectivity index (χ0) is 29.9. The summed E-state index contributed by atoms with van der Waals surface area (Å²) in [7, 11) is -3.32. The van der Waals surface area contributed by atoms with Crippen LogP contribution >= 0.6 is 0 Å². The Labute approximate surface area is 253 Å². The number of fused-ring (bicyclic) bond motifs is 1. The monoisotopic (exact) mass is 596 g/mol. The molecular weight excluding hydrogens is 560 g/mol. The van der Waals surface area contributed by atoms with E-state index in [4.69, 9.17) is 9.47 Å². The smallest absolute Gasteiger partial charge is 0.410 e. The molecule has 2 aliphatic heterocycles. The lowest BCUT2D eigenvalue weighted by molar-refractivity contribution is -0.0150. The number of piperidine rings is 1. The van der Waals surface area contributed by atoms with Gasteiger partial charge in [-0.15, -0.1) is 0 Å². The minimum absolute atomic E-state index is 0.0220. The zero-order valence-electron chi connectivity index (χ0n) is 24.4. The molecule has 8 heteroatoms. The van der Waals surface area contributed by atoms with Gasteiger partial charge in [0.2, 0.25) is 0 Å². The van der Waals surface area contributed by atoms with E-state index >= 15 is 0 Å². The van der Waals surface area contributed by atoms with Crippen LogP contribution in [0.5, 0.6) is 5.75 Å². The summed E-state index contributed by atoms with van der Waals surface area (Å²) in [6.07, 6.45) is 4.71. The van der Waals surface area contributed by atoms with Crippen LogP contribution in [0.15, 0.2) is 91.1 Å². The Morgan fingerprint density at radius 2 is 1.60 bits per heavy atom. The molecule has 1 aromatic heterocycles. The SMILES string of the molecule is Cc1ccc(COC(=O)N2CCC3(CCc4cc(-c5ccc(CS(=O)(=O)Cc6ccccn6)cc5)ccc4O3)CC2)cc1. The van der Waals surface area contributed by atoms with E-state index in [0.29, 0.717) is 18.8 Å². The fourth-order valence-corrected chi connectivity index (χ4v) is 7.30. The van der Waals surface area contributed by atoms with Crippen LogP contribution in [0.2, 0.25) is 0 Å². The second-order valence-electron chi connectivity index (χ2n) is 11.7. The van der Waals surface area contributed by atoms with E-state index in [0.717, 1.165) is 53.7 Å². The summed E-state index contributed by atoms with van der Waals surface area (Å²) in [5.41, 5.74) is 6.50. The number of aryl methyl sites for hydroxylation is 2. The molecule has 6 rings (SSSR count). The van der Waals surface area contributed by atoms with Crippen molar-refractivity contribution < 1.29 is 22.7 Å². The molecule has 0 atom stereocenters. The number of likely N-dealkylation sites (tertiary alicyclic amines) is 1. The predicted octanol–water partition coefficient (Wildman–Crippen LogP) is 6.67. The normalized spacial score (nSPS) is 15.9. The Bertz CT molecular complexity index is 1680. The molecule has 7 nitrogen and oxygen atoms in total. The van der Waals surface area contributed by atoms with Crippen LogP contribution in [0.25, 0.3) is 11.1 Å². The molecule has 1 amide bonds. The number of ether oxygens (including phenoxy) is 2. The molecule has 3 heterocycles. The number of rotatable bonds is 7. The molecule has 43 heavy (non-hydrogen) atoms. The highest BCUT2D eigenvalue weighted by atomic mass is 32.2. The van der Waals surface area contributed by atoms with E-state index in [2.05, 4.69) is 17.1 Å². The summed E-state index contributed by atoms with van der Waals surface area (Å²) in [5, 5.41) is 0. The van der Waals surface area contributed by atoms with E-state index in [1.54, 1.807) is 29.3 Å². The van der Waals surface area contributed by atoms with Gasteiger partial charge in [0.25, 0.3) is 0 Å². The molecule has 0 N–H and O–H groups in total. The molecule has 1 spiro atoms. The average molecular weight is 597 g/mol. The zero-order valence-corrected chi connectivity index (χ0v) is 25.2. The maximum absolute atomic E-state index is 12.7. The lowest BCUT2D eigenvalue weighted by atomic mass is 9.82. The first-order valence-corrected chi connectivity index (χ1v) is 16.6. The topological polar surface area (TPSA) is 85.8 Å². The minimum Gasteiger partial charge on any atom is -0.487 e. The summed E-state index contributed by atoms with van der Waals surface area (Å²) in [4.78, 5) is 18.6. The number of benzene rings is 3. The third kappa shape index (κ3) is 7.08. The van der Waals surface area contributed by atoms with E-state index in [9.17, 15) is 13.2 Å². The van der Waals surface area contributed by atoms with Crippen molar-refractivity contribution in [2.45, 2.75) is 56.3 Å². The number of hydrogen-bond acceptors (Lipinski definition) is 6. The lowest BCUT2D eigenvalue weighted by Crippen LogP contribution is -2.51. The van der Waals surface area contributed by atoms with Gasteiger partial charge in [-0.1, -0.05) is 66.2 Å². The molecule has 3 aromatic carbocycles. The van der Waals surface area contributed by atoms with Crippen LogP contribution in [0, 0.1) is 6.92 Å². The standard InChI is InChI=1S/C35H36N2O5S/c1-26-5-7-27(8-6-26)23-41-34(38)37-20-17-35(18-21-37)16-15-31-22-30(13-14-33(31)42-35)29-11-9-28(10-12-29)24-43(39,40)25-32-4-2-3-19-36-32/h2-14,19,22H,15-18,20-21,23-25H2,1H3. The van der Waals surface area contributed by atoms with Crippen molar-refractivity contribution in [1.29, 1.82) is 0 Å². The molecule has 0 saturated carbocycles. The van der Waals surface area contributed by atoms with Crippen molar-refractivity contribution in [3.05, 3.63) is 119 Å². The van der Waals surface area contributed by atoms with Gasteiger partial charge in [-0.25, -0.2) is 13.2 Å². The van der Waals surface area contributed by atoms with Crippen molar-refractivity contribution >= 4 is 15.9 Å². The van der Waals surface area contributed by atoms with Crippen LogP contribution in [-0.2, 0) is 39.1 Å². The Hall–Kier alpha value is -4.17. The Balaban J connectivity index is 1.03. The summed E-state index contributed by atoms with van der Waals surface area (Å²) in [6.45, 7) is 3.54. The van der Waals surface area contributed by atoms with Crippen LogP contribution in [0.4, 0.5) is 4.79 Å². The van der Waals surface area contributed by atoms with Gasteiger partial charge in [-0.05, 0) is 71.8 Å². The number of carbonyl (C=O) groups excluding carboxylic acids is 1. The van der Waals surface area contributed by atoms with Crippen molar-refractivity contribution in [2.24, 2.45) is 0 Å². The Morgan fingerprint density at radius 1 is 0.884 bits per heavy atom. The third-order valence-corrected chi connectivity index (χ3v) is 9.93. The second-order valence-corrected chi connectivity index (χ2v) is 13.7. The summed E-state index contributed by atoms with van der Waals surface area (Å²) < 4.78 is 37.5. The molecular formula is C35H36N2O5S. The summed E-state index contributed by atoms with van der Waals surface area (Å²) in [6, 6.07) is 27.3. The van der Waals surface area contributed by atoms with Gasteiger partial charge >= 0.3 is 6.09 Å². The third-order valence-electron chi connectivity index (χ3n) is 8.42. The molecule has 1 saturated heterocycles. The van der Waals surface area contributed by atoms with E-state index in [1.807, 2.05) is 61.5 Å².